The first-order valence-corrected chi connectivity index (χ1v) is 4.65. The van der Waals surface area contributed by atoms with Crippen molar-refractivity contribution in [1.82, 2.24) is 9.97 Å². The fourth-order valence-electron chi connectivity index (χ4n) is 1.62. The lowest BCUT2D eigenvalue weighted by molar-refractivity contribution is 0.417. The van der Waals surface area contributed by atoms with E-state index in [1.807, 2.05) is 13.0 Å². The summed E-state index contributed by atoms with van der Waals surface area (Å²) in [6.45, 7) is 6.29. The van der Waals surface area contributed by atoms with Gasteiger partial charge in [-0.1, -0.05) is 13.8 Å². The van der Waals surface area contributed by atoms with E-state index in [1.165, 1.54) is 0 Å². The normalized spacial score (nSPS) is 15.8. The van der Waals surface area contributed by atoms with Crippen LogP contribution >= 0.6 is 0 Å². The number of hydrogen-bond donors (Lipinski definition) is 1. The van der Waals surface area contributed by atoms with Crippen LogP contribution in [0, 0.1) is 5.92 Å². The van der Waals surface area contributed by atoms with Crippen LogP contribution in [0.3, 0.4) is 0 Å². The van der Waals surface area contributed by atoms with Gasteiger partial charge in [-0.2, -0.15) is 0 Å². The van der Waals surface area contributed by atoms with Crippen molar-refractivity contribution >= 4 is 0 Å². The van der Waals surface area contributed by atoms with Gasteiger partial charge in [-0.15, -0.1) is 0 Å². The van der Waals surface area contributed by atoms with Crippen LogP contribution in [0.2, 0.25) is 0 Å². The highest BCUT2D eigenvalue weighted by Crippen LogP contribution is 2.23. The van der Waals surface area contributed by atoms with Crippen LogP contribution in [0.15, 0.2) is 18.5 Å². The van der Waals surface area contributed by atoms with Crippen molar-refractivity contribution in [2.75, 3.05) is 0 Å². The second-order valence-electron chi connectivity index (χ2n) is 3.74. The maximum absolute atomic E-state index is 5.89. The number of hydrogen-bond acceptors (Lipinski definition) is 3. The summed E-state index contributed by atoms with van der Waals surface area (Å²) in [5.74, 6) is 1.58. The number of rotatable bonds is 3. The van der Waals surface area contributed by atoms with Crippen molar-refractivity contribution in [2.45, 2.75) is 32.7 Å². The minimum atomic E-state index is 0.0994. The van der Waals surface area contributed by atoms with Crippen molar-refractivity contribution in [3.8, 4) is 0 Å². The van der Waals surface area contributed by atoms with E-state index in [9.17, 15) is 0 Å². The van der Waals surface area contributed by atoms with Gasteiger partial charge in [0.25, 0.3) is 0 Å². The molecule has 0 amide bonds. The molecule has 1 aromatic heterocycles. The zero-order valence-electron chi connectivity index (χ0n) is 8.44. The largest absolute Gasteiger partial charge is 0.327 e. The molecule has 0 aliphatic rings. The molecule has 0 saturated carbocycles. The van der Waals surface area contributed by atoms with E-state index in [-0.39, 0.29) is 12.0 Å². The molecule has 1 rings (SSSR count). The van der Waals surface area contributed by atoms with Crippen molar-refractivity contribution in [3.05, 3.63) is 24.3 Å². The van der Waals surface area contributed by atoms with Crippen LogP contribution in [0.25, 0.3) is 0 Å². The Bertz CT molecular complexity index is 236. The third-order valence-electron chi connectivity index (χ3n) is 2.17. The third-order valence-corrected chi connectivity index (χ3v) is 2.17. The Kier molecular flexibility index (Phi) is 3.37. The lowest BCUT2D eigenvalue weighted by Crippen LogP contribution is -2.29. The first kappa shape index (κ1) is 10.1. The maximum Gasteiger partial charge on any atom is 0.133 e. The van der Waals surface area contributed by atoms with Crippen LogP contribution in [-0.4, -0.2) is 16.0 Å². The standard InChI is InChI=1S/C10H17N3/c1-7(2)9(8(3)11)10-12-5-4-6-13-10/h4-9H,11H2,1-3H3. The molecule has 72 valence electrons. The van der Waals surface area contributed by atoms with Crippen LogP contribution in [-0.2, 0) is 0 Å². The van der Waals surface area contributed by atoms with Gasteiger partial charge >= 0.3 is 0 Å². The Morgan fingerprint density at radius 3 is 2.08 bits per heavy atom. The summed E-state index contributed by atoms with van der Waals surface area (Å²) < 4.78 is 0. The fraction of sp³-hybridized carbons (Fsp3) is 0.600. The molecule has 0 spiro atoms. The number of nitrogens with two attached hydrogens (primary N) is 1. The molecule has 1 aromatic rings. The summed E-state index contributed by atoms with van der Waals surface area (Å²) >= 11 is 0. The van der Waals surface area contributed by atoms with Gasteiger partial charge in [0.1, 0.15) is 5.82 Å². The van der Waals surface area contributed by atoms with Crippen molar-refractivity contribution in [3.63, 3.8) is 0 Å². The molecule has 3 nitrogen and oxygen atoms in total. The lowest BCUT2D eigenvalue weighted by atomic mass is 9.89. The molecule has 0 fully saturated rings. The van der Waals surface area contributed by atoms with Gasteiger partial charge in [-0.25, -0.2) is 9.97 Å². The quantitative estimate of drug-likeness (QED) is 0.766. The van der Waals surface area contributed by atoms with Gasteiger partial charge in [0.05, 0.1) is 0 Å². The second-order valence-corrected chi connectivity index (χ2v) is 3.74. The smallest absolute Gasteiger partial charge is 0.133 e. The molecule has 0 bridgehead atoms. The van der Waals surface area contributed by atoms with E-state index in [4.69, 9.17) is 5.73 Å². The van der Waals surface area contributed by atoms with Crippen LogP contribution in [0.4, 0.5) is 0 Å². The van der Waals surface area contributed by atoms with Gasteiger partial charge < -0.3 is 5.73 Å². The van der Waals surface area contributed by atoms with E-state index in [0.717, 1.165) is 5.82 Å². The van der Waals surface area contributed by atoms with E-state index in [1.54, 1.807) is 12.4 Å². The van der Waals surface area contributed by atoms with Crippen LogP contribution in [0.5, 0.6) is 0 Å². The molecule has 0 aliphatic heterocycles. The van der Waals surface area contributed by atoms with E-state index in [2.05, 4.69) is 23.8 Å². The molecular weight excluding hydrogens is 162 g/mol. The Labute approximate surface area is 79.4 Å². The van der Waals surface area contributed by atoms with E-state index < -0.39 is 0 Å². The van der Waals surface area contributed by atoms with Crippen LogP contribution < -0.4 is 5.73 Å². The monoisotopic (exact) mass is 179 g/mol. The highest BCUT2D eigenvalue weighted by molar-refractivity contribution is 5.01. The topological polar surface area (TPSA) is 51.8 Å². The molecule has 2 N–H and O–H groups in total. The molecular formula is C10H17N3. The SMILES string of the molecule is CC(C)C(c1ncccn1)C(C)N. The van der Waals surface area contributed by atoms with Gasteiger partial charge in [-0.3, -0.25) is 0 Å². The molecule has 2 atom stereocenters. The van der Waals surface area contributed by atoms with Crippen molar-refractivity contribution < 1.29 is 0 Å². The van der Waals surface area contributed by atoms with Crippen molar-refractivity contribution in [1.29, 1.82) is 0 Å². The van der Waals surface area contributed by atoms with Crippen molar-refractivity contribution in [2.24, 2.45) is 11.7 Å². The Hall–Kier alpha value is -0.960. The van der Waals surface area contributed by atoms with Gasteiger partial charge in [0.15, 0.2) is 0 Å². The highest BCUT2D eigenvalue weighted by atomic mass is 14.9. The molecule has 3 heteroatoms. The highest BCUT2D eigenvalue weighted by Gasteiger charge is 2.21. The third kappa shape index (κ3) is 2.49. The fourth-order valence-corrected chi connectivity index (χ4v) is 1.62. The first-order valence-electron chi connectivity index (χ1n) is 4.65. The van der Waals surface area contributed by atoms with Gasteiger partial charge in [0.2, 0.25) is 0 Å². The molecule has 0 radical (unpaired) electrons. The predicted octanol–water partition coefficient (Wildman–Crippen LogP) is 1.56. The zero-order chi connectivity index (χ0) is 9.84. The molecule has 0 aromatic carbocycles. The summed E-state index contributed by atoms with van der Waals surface area (Å²) in [4.78, 5) is 8.46. The van der Waals surface area contributed by atoms with E-state index >= 15 is 0 Å². The summed E-state index contributed by atoms with van der Waals surface area (Å²) in [7, 11) is 0. The average molecular weight is 179 g/mol. The lowest BCUT2D eigenvalue weighted by Gasteiger charge is -2.22. The zero-order valence-corrected chi connectivity index (χ0v) is 8.44. The molecule has 2 unspecified atom stereocenters. The summed E-state index contributed by atoms with van der Waals surface area (Å²) in [5.41, 5.74) is 5.89. The molecule has 13 heavy (non-hydrogen) atoms. The minimum absolute atomic E-state index is 0.0994. The van der Waals surface area contributed by atoms with Gasteiger partial charge in [-0.05, 0) is 18.9 Å². The maximum atomic E-state index is 5.89. The molecule has 0 saturated heterocycles. The Morgan fingerprint density at radius 1 is 1.15 bits per heavy atom. The molecule has 0 aliphatic carbocycles. The second kappa shape index (κ2) is 4.33. The first-order chi connectivity index (χ1) is 6.13. The number of aromatic nitrogens is 2. The molecule has 1 heterocycles. The average Bonchev–Trinajstić information content (AvgIpc) is 2.04. The minimum Gasteiger partial charge on any atom is -0.327 e. The van der Waals surface area contributed by atoms with Crippen LogP contribution in [0.1, 0.15) is 32.5 Å². The Morgan fingerprint density at radius 2 is 1.69 bits per heavy atom. The summed E-state index contributed by atoms with van der Waals surface area (Å²) in [6.07, 6.45) is 3.53. The van der Waals surface area contributed by atoms with E-state index in [0.29, 0.717) is 5.92 Å². The predicted molar refractivity (Wildman–Crippen MR) is 53.3 cm³/mol. The summed E-state index contributed by atoms with van der Waals surface area (Å²) in [6, 6.07) is 1.92. The van der Waals surface area contributed by atoms with Gasteiger partial charge in [0, 0.05) is 24.4 Å². The Balaban J connectivity index is 2.89. The summed E-state index contributed by atoms with van der Waals surface area (Å²) in [5, 5.41) is 0. The number of nitrogens with zero attached hydrogens (tertiary/aromatic N) is 2.